The smallest absolute Gasteiger partial charge is 0.0424 e. The monoisotopic (exact) mass is 178 g/mol. The normalized spacial score (nSPS) is 12.9. The molecule has 2 nitrogen and oxygen atoms in total. The van der Waals surface area contributed by atoms with Crippen LogP contribution in [0.4, 0.5) is 0 Å². The van der Waals surface area contributed by atoms with Gasteiger partial charge in [0, 0.05) is 23.9 Å². The zero-order valence-electron chi connectivity index (χ0n) is 8.89. The number of nitrogens with zero attached hydrogens (tertiary/aromatic N) is 1. The molecule has 2 heteroatoms. The fraction of sp³-hybridized carbons (Fsp3) is 0.545. The van der Waals surface area contributed by atoms with Crippen molar-refractivity contribution in [1.82, 2.24) is 10.3 Å². The zero-order chi connectivity index (χ0) is 9.84. The van der Waals surface area contributed by atoms with E-state index in [0.717, 1.165) is 12.1 Å². The van der Waals surface area contributed by atoms with E-state index >= 15 is 0 Å². The maximum absolute atomic E-state index is 4.48. The van der Waals surface area contributed by atoms with E-state index in [1.807, 2.05) is 14.0 Å². The van der Waals surface area contributed by atoms with Gasteiger partial charge in [0.1, 0.15) is 0 Å². The third kappa shape index (κ3) is 3.15. The van der Waals surface area contributed by atoms with E-state index in [1.54, 1.807) is 0 Å². The second-order valence-corrected chi connectivity index (χ2v) is 3.67. The minimum Gasteiger partial charge on any atom is -0.317 e. The predicted octanol–water partition coefficient (Wildman–Crippen LogP) is 1.85. The molecular weight excluding hydrogens is 160 g/mol. The van der Waals surface area contributed by atoms with Crippen LogP contribution < -0.4 is 5.32 Å². The summed E-state index contributed by atoms with van der Waals surface area (Å²) in [6.45, 7) is 6.32. The number of pyridine rings is 1. The van der Waals surface area contributed by atoms with Gasteiger partial charge in [0.25, 0.3) is 0 Å². The molecule has 1 unspecified atom stereocenters. The number of hydrogen-bond acceptors (Lipinski definition) is 2. The summed E-state index contributed by atoms with van der Waals surface area (Å²) >= 11 is 0. The van der Waals surface area contributed by atoms with Crippen LogP contribution in [-0.2, 0) is 6.42 Å². The van der Waals surface area contributed by atoms with Crippen LogP contribution in [0.1, 0.15) is 23.9 Å². The Kier molecular flexibility index (Phi) is 3.43. The fourth-order valence-corrected chi connectivity index (χ4v) is 1.45. The van der Waals surface area contributed by atoms with Gasteiger partial charge in [-0.3, -0.25) is 4.98 Å². The van der Waals surface area contributed by atoms with Gasteiger partial charge in [-0.15, -0.1) is 0 Å². The molecule has 0 radical (unpaired) electrons. The quantitative estimate of drug-likeness (QED) is 0.764. The van der Waals surface area contributed by atoms with Gasteiger partial charge < -0.3 is 5.32 Å². The van der Waals surface area contributed by atoms with Gasteiger partial charge in [-0.25, -0.2) is 0 Å². The average molecular weight is 178 g/mol. The summed E-state index contributed by atoms with van der Waals surface area (Å²) in [7, 11) is 1.98. The number of aryl methyl sites for hydroxylation is 2. The molecule has 0 spiro atoms. The minimum absolute atomic E-state index is 0.494. The Morgan fingerprint density at radius 1 is 1.38 bits per heavy atom. The van der Waals surface area contributed by atoms with E-state index in [9.17, 15) is 0 Å². The SMILES string of the molecule is CNC(C)Cc1cc(C)cc(C)n1. The lowest BCUT2D eigenvalue weighted by Crippen LogP contribution is -2.24. The summed E-state index contributed by atoms with van der Waals surface area (Å²) < 4.78 is 0. The Morgan fingerprint density at radius 2 is 2.08 bits per heavy atom. The molecule has 1 aromatic rings. The van der Waals surface area contributed by atoms with Crippen molar-refractivity contribution in [3.8, 4) is 0 Å². The Morgan fingerprint density at radius 3 is 2.62 bits per heavy atom. The van der Waals surface area contributed by atoms with Crippen LogP contribution in [0.3, 0.4) is 0 Å². The summed E-state index contributed by atoms with van der Waals surface area (Å²) in [5, 5.41) is 3.21. The molecule has 0 aromatic carbocycles. The van der Waals surface area contributed by atoms with Crippen molar-refractivity contribution in [2.75, 3.05) is 7.05 Å². The molecular formula is C11H18N2. The number of nitrogens with one attached hydrogen (secondary N) is 1. The molecule has 72 valence electrons. The van der Waals surface area contributed by atoms with Gasteiger partial charge in [-0.2, -0.15) is 0 Å². The average Bonchev–Trinajstić information content (AvgIpc) is 2.02. The number of likely N-dealkylation sites (N-methyl/N-ethyl adjacent to an activating group) is 1. The van der Waals surface area contributed by atoms with Crippen LogP contribution in [0.5, 0.6) is 0 Å². The Labute approximate surface area is 80.4 Å². The van der Waals surface area contributed by atoms with Crippen molar-refractivity contribution in [2.24, 2.45) is 0 Å². The lowest BCUT2D eigenvalue weighted by molar-refractivity contribution is 0.599. The Hall–Kier alpha value is -0.890. The van der Waals surface area contributed by atoms with Crippen LogP contribution in [0.25, 0.3) is 0 Å². The van der Waals surface area contributed by atoms with E-state index in [1.165, 1.54) is 11.3 Å². The van der Waals surface area contributed by atoms with Crippen LogP contribution >= 0.6 is 0 Å². The first-order chi connectivity index (χ1) is 6.11. The highest BCUT2D eigenvalue weighted by atomic mass is 14.9. The molecule has 1 aromatic heterocycles. The predicted molar refractivity (Wildman–Crippen MR) is 55.9 cm³/mol. The van der Waals surface area contributed by atoms with Crippen LogP contribution in [0.15, 0.2) is 12.1 Å². The third-order valence-electron chi connectivity index (χ3n) is 2.16. The first kappa shape index (κ1) is 10.2. The number of rotatable bonds is 3. The van der Waals surface area contributed by atoms with Gasteiger partial charge in [0.15, 0.2) is 0 Å². The third-order valence-corrected chi connectivity index (χ3v) is 2.16. The molecule has 0 aliphatic rings. The molecule has 0 aliphatic heterocycles. The zero-order valence-corrected chi connectivity index (χ0v) is 8.89. The van der Waals surface area contributed by atoms with Crippen molar-refractivity contribution < 1.29 is 0 Å². The topological polar surface area (TPSA) is 24.9 Å². The van der Waals surface area contributed by atoms with Crippen LogP contribution in [-0.4, -0.2) is 18.1 Å². The summed E-state index contributed by atoms with van der Waals surface area (Å²) in [5.74, 6) is 0. The van der Waals surface area contributed by atoms with Gasteiger partial charge in [0.2, 0.25) is 0 Å². The van der Waals surface area contributed by atoms with E-state index in [-0.39, 0.29) is 0 Å². The largest absolute Gasteiger partial charge is 0.317 e. The summed E-state index contributed by atoms with van der Waals surface area (Å²) in [6, 6.07) is 4.75. The van der Waals surface area contributed by atoms with Gasteiger partial charge >= 0.3 is 0 Å². The standard InChI is InChI=1S/C11H18N2/c1-8-5-10(3)13-11(6-8)7-9(2)12-4/h5-6,9,12H,7H2,1-4H3. The molecule has 1 atom stereocenters. The molecule has 13 heavy (non-hydrogen) atoms. The highest BCUT2D eigenvalue weighted by molar-refractivity contribution is 5.19. The van der Waals surface area contributed by atoms with E-state index < -0.39 is 0 Å². The van der Waals surface area contributed by atoms with Crippen molar-refractivity contribution in [3.63, 3.8) is 0 Å². The van der Waals surface area contributed by atoms with Crippen LogP contribution in [0, 0.1) is 13.8 Å². The fourth-order valence-electron chi connectivity index (χ4n) is 1.45. The number of hydrogen-bond donors (Lipinski definition) is 1. The van der Waals surface area contributed by atoms with Gasteiger partial charge in [-0.1, -0.05) is 0 Å². The second-order valence-electron chi connectivity index (χ2n) is 3.67. The molecule has 1 N–H and O–H groups in total. The lowest BCUT2D eigenvalue weighted by atomic mass is 10.1. The summed E-state index contributed by atoms with van der Waals surface area (Å²) in [4.78, 5) is 4.48. The lowest BCUT2D eigenvalue weighted by Gasteiger charge is -2.10. The molecule has 1 heterocycles. The Bertz CT molecular complexity index is 261. The van der Waals surface area contributed by atoms with E-state index in [0.29, 0.717) is 6.04 Å². The van der Waals surface area contributed by atoms with Crippen molar-refractivity contribution >= 4 is 0 Å². The summed E-state index contributed by atoms with van der Waals surface area (Å²) in [6.07, 6.45) is 0.999. The molecule has 0 bridgehead atoms. The van der Waals surface area contributed by atoms with Crippen molar-refractivity contribution in [1.29, 1.82) is 0 Å². The highest BCUT2D eigenvalue weighted by Gasteiger charge is 2.02. The van der Waals surface area contributed by atoms with E-state index in [4.69, 9.17) is 0 Å². The number of aromatic nitrogens is 1. The molecule has 0 saturated heterocycles. The molecule has 0 fully saturated rings. The maximum atomic E-state index is 4.48. The Balaban J connectivity index is 2.77. The maximum Gasteiger partial charge on any atom is 0.0424 e. The minimum atomic E-state index is 0.494. The highest BCUT2D eigenvalue weighted by Crippen LogP contribution is 2.06. The van der Waals surface area contributed by atoms with Gasteiger partial charge in [0.05, 0.1) is 0 Å². The first-order valence-electron chi connectivity index (χ1n) is 4.73. The summed E-state index contributed by atoms with van der Waals surface area (Å²) in [5.41, 5.74) is 3.59. The molecule has 0 aliphatic carbocycles. The first-order valence-corrected chi connectivity index (χ1v) is 4.73. The van der Waals surface area contributed by atoms with Gasteiger partial charge in [-0.05, 0) is 45.5 Å². The molecule has 0 saturated carbocycles. The van der Waals surface area contributed by atoms with Crippen LogP contribution in [0.2, 0.25) is 0 Å². The van der Waals surface area contributed by atoms with Crippen molar-refractivity contribution in [2.45, 2.75) is 33.2 Å². The molecule has 0 amide bonds. The second kappa shape index (κ2) is 4.38. The van der Waals surface area contributed by atoms with Crippen molar-refractivity contribution in [3.05, 3.63) is 29.1 Å². The van der Waals surface area contributed by atoms with E-state index in [2.05, 4.69) is 36.3 Å². The molecule has 1 rings (SSSR count).